The number of carbonyl (C=O) groups excluding carboxylic acids is 1. The number of hydrogen-bond acceptors (Lipinski definition) is 4. The lowest BCUT2D eigenvalue weighted by atomic mass is 10.0. The van der Waals surface area contributed by atoms with Gasteiger partial charge in [-0.1, -0.05) is 6.07 Å². The summed E-state index contributed by atoms with van der Waals surface area (Å²) in [5.41, 5.74) is 0.910. The quantitative estimate of drug-likeness (QED) is 0.876. The molecule has 2 amide bonds. The van der Waals surface area contributed by atoms with E-state index in [4.69, 9.17) is 4.74 Å². The second-order valence-corrected chi connectivity index (χ2v) is 5.58. The van der Waals surface area contributed by atoms with Crippen LogP contribution in [-0.4, -0.2) is 40.6 Å². The van der Waals surface area contributed by atoms with Crippen LogP contribution in [0.1, 0.15) is 18.4 Å². The third-order valence-corrected chi connectivity index (χ3v) is 3.83. The van der Waals surface area contributed by atoms with Crippen LogP contribution in [0.5, 0.6) is 0 Å². The van der Waals surface area contributed by atoms with Gasteiger partial charge in [-0.25, -0.2) is 14.5 Å². The van der Waals surface area contributed by atoms with E-state index in [-0.39, 0.29) is 6.03 Å². The molecular formula is C16H21N5O2. The Morgan fingerprint density at radius 1 is 1.35 bits per heavy atom. The summed E-state index contributed by atoms with van der Waals surface area (Å²) in [7, 11) is 0. The van der Waals surface area contributed by atoms with Crippen molar-refractivity contribution in [3.8, 4) is 5.82 Å². The fourth-order valence-electron chi connectivity index (χ4n) is 2.61. The van der Waals surface area contributed by atoms with Crippen LogP contribution in [0, 0.1) is 5.92 Å². The van der Waals surface area contributed by atoms with Crippen molar-refractivity contribution in [2.45, 2.75) is 19.4 Å². The molecule has 1 aliphatic rings. The Hall–Kier alpha value is -2.41. The predicted molar refractivity (Wildman–Crippen MR) is 85.1 cm³/mol. The summed E-state index contributed by atoms with van der Waals surface area (Å²) in [5.74, 6) is 1.13. The number of urea groups is 1. The van der Waals surface area contributed by atoms with E-state index in [1.807, 2.05) is 24.4 Å². The minimum Gasteiger partial charge on any atom is -0.381 e. The van der Waals surface area contributed by atoms with Crippen LogP contribution in [0.15, 0.2) is 36.8 Å². The fourth-order valence-corrected chi connectivity index (χ4v) is 2.61. The van der Waals surface area contributed by atoms with Crippen molar-refractivity contribution in [3.63, 3.8) is 0 Å². The van der Waals surface area contributed by atoms with Gasteiger partial charge in [0, 0.05) is 43.9 Å². The number of hydrogen-bond donors (Lipinski definition) is 2. The maximum atomic E-state index is 12.0. The molecule has 1 fully saturated rings. The van der Waals surface area contributed by atoms with Gasteiger partial charge in [-0.3, -0.25) is 0 Å². The highest BCUT2D eigenvalue weighted by Gasteiger charge is 2.15. The van der Waals surface area contributed by atoms with Crippen molar-refractivity contribution in [3.05, 3.63) is 42.4 Å². The van der Waals surface area contributed by atoms with Gasteiger partial charge >= 0.3 is 6.03 Å². The number of amides is 2. The Morgan fingerprint density at radius 2 is 2.30 bits per heavy atom. The molecule has 1 saturated heterocycles. The number of nitrogens with zero attached hydrogens (tertiary/aromatic N) is 3. The zero-order chi connectivity index (χ0) is 15.9. The number of pyridine rings is 1. The highest BCUT2D eigenvalue weighted by Crippen LogP contribution is 2.12. The van der Waals surface area contributed by atoms with E-state index in [0.717, 1.165) is 37.4 Å². The number of carbonyl (C=O) groups is 1. The Bertz CT molecular complexity index is 623. The third-order valence-electron chi connectivity index (χ3n) is 3.83. The van der Waals surface area contributed by atoms with E-state index in [1.165, 1.54) is 0 Å². The molecule has 3 heterocycles. The topological polar surface area (TPSA) is 81.1 Å². The molecule has 7 heteroatoms. The van der Waals surface area contributed by atoms with E-state index < -0.39 is 0 Å². The molecule has 0 aromatic carbocycles. The van der Waals surface area contributed by atoms with Gasteiger partial charge in [-0.05, 0) is 30.9 Å². The molecule has 2 aromatic rings. The van der Waals surface area contributed by atoms with Crippen molar-refractivity contribution in [2.24, 2.45) is 5.92 Å². The molecule has 122 valence electrons. The Morgan fingerprint density at radius 3 is 3.09 bits per heavy atom. The van der Waals surface area contributed by atoms with Crippen molar-refractivity contribution in [1.82, 2.24) is 25.4 Å². The van der Waals surface area contributed by atoms with Crippen molar-refractivity contribution in [1.29, 1.82) is 0 Å². The van der Waals surface area contributed by atoms with Crippen LogP contribution < -0.4 is 10.6 Å². The average molecular weight is 315 g/mol. The molecule has 3 rings (SSSR count). The summed E-state index contributed by atoms with van der Waals surface area (Å²) >= 11 is 0. The van der Waals surface area contributed by atoms with Crippen LogP contribution >= 0.6 is 0 Å². The lowest BCUT2D eigenvalue weighted by Crippen LogP contribution is -2.39. The van der Waals surface area contributed by atoms with Gasteiger partial charge in [0.15, 0.2) is 5.82 Å². The summed E-state index contributed by atoms with van der Waals surface area (Å²) in [6, 6.07) is 5.44. The Labute approximate surface area is 135 Å². The lowest BCUT2D eigenvalue weighted by Gasteiger charge is -2.22. The second-order valence-electron chi connectivity index (χ2n) is 5.58. The highest BCUT2D eigenvalue weighted by atomic mass is 16.5. The van der Waals surface area contributed by atoms with Gasteiger partial charge in [-0.2, -0.15) is 5.10 Å². The zero-order valence-electron chi connectivity index (χ0n) is 12.9. The summed E-state index contributed by atoms with van der Waals surface area (Å²) < 4.78 is 7.10. The molecule has 0 aliphatic carbocycles. The molecule has 0 radical (unpaired) electrons. The monoisotopic (exact) mass is 315 g/mol. The maximum Gasteiger partial charge on any atom is 0.315 e. The summed E-state index contributed by atoms with van der Waals surface area (Å²) in [6.45, 7) is 2.60. The predicted octanol–water partition coefficient (Wildman–Crippen LogP) is 1.49. The molecule has 0 saturated carbocycles. The largest absolute Gasteiger partial charge is 0.381 e. The SMILES string of the molecule is O=C(NCc1cccnc1-n1cccn1)NCC1CCCOC1. The van der Waals surface area contributed by atoms with Gasteiger partial charge in [0.25, 0.3) is 0 Å². The lowest BCUT2D eigenvalue weighted by molar-refractivity contribution is 0.0557. The molecule has 0 spiro atoms. The molecule has 2 N–H and O–H groups in total. The van der Waals surface area contributed by atoms with E-state index in [2.05, 4.69) is 20.7 Å². The summed E-state index contributed by atoms with van der Waals surface area (Å²) in [6.07, 6.45) is 7.41. The third kappa shape index (κ3) is 4.29. The minimum atomic E-state index is -0.175. The van der Waals surface area contributed by atoms with Crippen LogP contribution in [0.2, 0.25) is 0 Å². The number of rotatable bonds is 5. The van der Waals surface area contributed by atoms with Gasteiger partial charge in [0.05, 0.1) is 6.61 Å². The first kappa shape index (κ1) is 15.5. The van der Waals surface area contributed by atoms with Crippen LogP contribution in [0.4, 0.5) is 4.79 Å². The smallest absolute Gasteiger partial charge is 0.315 e. The second kappa shape index (κ2) is 7.73. The van der Waals surface area contributed by atoms with Crippen molar-refractivity contribution in [2.75, 3.05) is 19.8 Å². The van der Waals surface area contributed by atoms with Crippen LogP contribution in [0.3, 0.4) is 0 Å². The first-order valence-electron chi connectivity index (χ1n) is 7.86. The van der Waals surface area contributed by atoms with Crippen LogP contribution in [-0.2, 0) is 11.3 Å². The first-order chi connectivity index (χ1) is 11.3. The van der Waals surface area contributed by atoms with Gasteiger partial charge in [0.1, 0.15) is 0 Å². The summed E-state index contributed by atoms with van der Waals surface area (Å²) in [5, 5.41) is 9.96. The van der Waals surface area contributed by atoms with Gasteiger partial charge < -0.3 is 15.4 Å². The fraction of sp³-hybridized carbons (Fsp3) is 0.438. The minimum absolute atomic E-state index is 0.175. The molecule has 1 unspecified atom stereocenters. The van der Waals surface area contributed by atoms with Gasteiger partial charge in [0.2, 0.25) is 0 Å². The van der Waals surface area contributed by atoms with Crippen LogP contribution in [0.25, 0.3) is 5.82 Å². The zero-order valence-corrected chi connectivity index (χ0v) is 12.9. The highest BCUT2D eigenvalue weighted by molar-refractivity contribution is 5.73. The standard InChI is InChI=1S/C16H21N5O2/c22-16(18-10-13-4-2-9-23-12-13)19-11-14-5-1-6-17-15(14)21-8-3-7-20-21/h1,3,5-8,13H,2,4,9-12H2,(H2,18,19,22). The number of aromatic nitrogens is 3. The molecule has 23 heavy (non-hydrogen) atoms. The molecular weight excluding hydrogens is 294 g/mol. The van der Waals surface area contributed by atoms with Gasteiger partial charge in [-0.15, -0.1) is 0 Å². The number of nitrogens with one attached hydrogen (secondary N) is 2. The molecule has 2 aromatic heterocycles. The average Bonchev–Trinajstić information content (AvgIpc) is 3.14. The molecule has 0 bridgehead atoms. The molecule has 7 nitrogen and oxygen atoms in total. The van der Waals surface area contributed by atoms with E-state index >= 15 is 0 Å². The molecule has 1 aliphatic heterocycles. The molecule has 1 atom stereocenters. The van der Waals surface area contributed by atoms with E-state index in [0.29, 0.717) is 19.0 Å². The van der Waals surface area contributed by atoms with E-state index in [9.17, 15) is 4.79 Å². The number of ether oxygens (including phenoxy) is 1. The van der Waals surface area contributed by atoms with E-state index in [1.54, 1.807) is 17.1 Å². The normalized spacial score (nSPS) is 17.7. The van der Waals surface area contributed by atoms with Crippen molar-refractivity contribution < 1.29 is 9.53 Å². The first-order valence-corrected chi connectivity index (χ1v) is 7.86. The Balaban J connectivity index is 1.51. The van der Waals surface area contributed by atoms with Crippen molar-refractivity contribution >= 4 is 6.03 Å². The Kier molecular flexibility index (Phi) is 5.21. The maximum absolute atomic E-state index is 12.0. The summed E-state index contributed by atoms with van der Waals surface area (Å²) in [4.78, 5) is 16.3.